The molecule has 3 amide bonds. The molecule has 2 bridgehead atoms. The van der Waals surface area contributed by atoms with Crippen molar-refractivity contribution in [1.29, 1.82) is 0 Å². The number of halogens is 2. The number of imide groups is 1. The number of carbonyl (C=O) groups excluding carboxylic acids is 4. The fraction of sp³-hybridized carbons (Fsp3) is 0.152. The first-order valence-electron chi connectivity index (χ1n) is 13.4. The van der Waals surface area contributed by atoms with Gasteiger partial charge in [0.1, 0.15) is 0 Å². The molecule has 1 heterocycles. The topological polar surface area (TPSA) is 92.8 Å². The number of benzene rings is 4. The van der Waals surface area contributed by atoms with Crippen molar-refractivity contribution in [2.75, 3.05) is 16.8 Å². The number of rotatable bonds is 5. The average molecular weight is 597 g/mol. The highest BCUT2D eigenvalue weighted by Crippen LogP contribution is 2.61. The number of ether oxygens (including phenoxy) is 1. The van der Waals surface area contributed by atoms with Gasteiger partial charge in [-0.25, -0.2) is 9.69 Å². The van der Waals surface area contributed by atoms with Crippen molar-refractivity contribution in [2.45, 2.75) is 11.8 Å². The van der Waals surface area contributed by atoms with Crippen molar-refractivity contribution in [3.63, 3.8) is 0 Å². The molecule has 7 nitrogen and oxygen atoms in total. The number of hydrogen-bond donors (Lipinski definition) is 1. The summed E-state index contributed by atoms with van der Waals surface area (Å²) in [5.74, 6) is -3.89. The Bertz CT molecular complexity index is 1710. The Hall–Kier alpha value is -4.46. The summed E-state index contributed by atoms with van der Waals surface area (Å²) in [6, 6.07) is 27.0. The van der Waals surface area contributed by atoms with Crippen LogP contribution in [0.2, 0.25) is 10.0 Å². The van der Waals surface area contributed by atoms with Gasteiger partial charge in [0.05, 0.1) is 38.8 Å². The predicted octanol–water partition coefficient (Wildman–Crippen LogP) is 6.19. The van der Waals surface area contributed by atoms with Crippen LogP contribution in [0.5, 0.6) is 0 Å². The molecule has 4 aromatic carbocycles. The largest absolute Gasteiger partial charge is 0.452 e. The summed E-state index contributed by atoms with van der Waals surface area (Å²) in [6.45, 7) is -0.613. The van der Waals surface area contributed by atoms with Crippen LogP contribution in [0.25, 0.3) is 0 Å². The van der Waals surface area contributed by atoms with Gasteiger partial charge >= 0.3 is 5.97 Å². The second kappa shape index (κ2) is 10.1. The van der Waals surface area contributed by atoms with Crippen molar-refractivity contribution < 1.29 is 23.9 Å². The molecule has 3 aliphatic carbocycles. The molecule has 0 saturated carbocycles. The number of anilines is 2. The molecule has 208 valence electrons. The molecule has 4 aromatic rings. The van der Waals surface area contributed by atoms with E-state index in [9.17, 15) is 19.2 Å². The van der Waals surface area contributed by atoms with E-state index in [1.165, 1.54) is 6.07 Å². The Labute approximate surface area is 251 Å². The van der Waals surface area contributed by atoms with E-state index in [0.29, 0.717) is 0 Å². The monoisotopic (exact) mass is 596 g/mol. The first-order chi connectivity index (χ1) is 20.4. The number of hydrogen-bond acceptors (Lipinski definition) is 5. The summed E-state index contributed by atoms with van der Waals surface area (Å²) in [5.41, 5.74) is 4.66. The maximum Gasteiger partial charge on any atom is 0.340 e. The normalized spacial score (nSPS) is 21.4. The van der Waals surface area contributed by atoms with Crippen LogP contribution < -0.4 is 10.2 Å². The van der Waals surface area contributed by atoms with Crippen LogP contribution in [0, 0.1) is 11.8 Å². The Morgan fingerprint density at radius 3 is 1.81 bits per heavy atom. The van der Waals surface area contributed by atoms with Crippen LogP contribution in [0.3, 0.4) is 0 Å². The van der Waals surface area contributed by atoms with Crippen molar-refractivity contribution in [2.24, 2.45) is 11.8 Å². The second-order valence-corrected chi connectivity index (χ2v) is 11.3. The van der Waals surface area contributed by atoms with E-state index in [2.05, 4.69) is 5.32 Å². The first-order valence-corrected chi connectivity index (χ1v) is 14.2. The Kier molecular flexibility index (Phi) is 6.37. The second-order valence-electron chi connectivity index (χ2n) is 10.5. The molecule has 0 radical (unpaired) electrons. The van der Waals surface area contributed by atoms with Crippen LogP contribution in [0.1, 0.15) is 44.4 Å². The molecule has 0 unspecified atom stereocenters. The maximum absolute atomic E-state index is 14.1. The molecule has 1 fully saturated rings. The number of para-hydroxylation sites is 1. The summed E-state index contributed by atoms with van der Waals surface area (Å²) in [7, 11) is 0. The van der Waals surface area contributed by atoms with Gasteiger partial charge < -0.3 is 10.1 Å². The SMILES string of the molecule is O=C(COC(=O)c1ccccc1N1C(=O)[C@H]2C3c4ccccc4C(c4ccccc43)[C@@H]2C1=O)Nc1cccc(Cl)c1Cl. The van der Waals surface area contributed by atoms with Gasteiger partial charge in [0.2, 0.25) is 11.8 Å². The zero-order valence-electron chi connectivity index (χ0n) is 21.9. The van der Waals surface area contributed by atoms with Crippen molar-refractivity contribution in [3.05, 3.63) is 129 Å². The van der Waals surface area contributed by atoms with Crippen LogP contribution in [0.15, 0.2) is 91.0 Å². The van der Waals surface area contributed by atoms with Gasteiger partial charge in [-0.1, -0.05) is 89.9 Å². The van der Waals surface area contributed by atoms with Gasteiger partial charge in [-0.3, -0.25) is 14.4 Å². The molecular weight excluding hydrogens is 575 g/mol. The molecule has 42 heavy (non-hydrogen) atoms. The maximum atomic E-state index is 14.1. The van der Waals surface area contributed by atoms with E-state index in [-0.39, 0.29) is 50.6 Å². The van der Waals surface area contributed by atoms with E-state index >= 15 is 0 Å². The molecule has 0 spiro atoms. The lowest BCUT2D eigenvalue weighted by molar-refractivity contribution is -0.122. The summed E-state index contributed by atoms with van der Waals surface area (Å²) < 4.78 is 5.30. The van der Waals surface area contributed by atoms with Crippen LogP contribution in [0.4, 0.5) is 11.4 Å². The molecule has 2 atom stereocenters. The van der Waals surface area contributed by atoms with Gasteiger partial charge in [0.25, 0.3) is 5.91 Å². The molecule has 0 aromatic heterocycles. The molecule has 8 rings (SSSR count). The number of nitrogens with one attached hydrogen (secondary N) is 1. The van der Waals surface area contributed by atoms with Crippen LogP contribution in [-0.4, -0.2) is 30.3 Å². The summed E-state index contributed by atoms with van der Waals surface area (Å²) in [4.78, 5) is 55.1. The van der Waals surface area contributed by atoms with Crippen molar-refractivity contribution in [1.82, 2.24) is 0 Å². The van der Waals surface area contributed by atoms with Crippen molar-refractivity contribution >= 4 is 58.3 Å². The van der Waals surface area contributed by atoms with Gasteiger partial charge in [0.15, 0.2) is 6.61 Å². The highest BCUT2D eigenvalue weighted by molar-refractivity contribution is 6.44. The van der Waals surface area contributed by atoms with E-state index < -0.39 is 30.3 Å². The zero-order valence-corrected chi connectivity index (χ0v) is 23.4. The van der Waals surface area contributed by atoms with E-state index in [1.54, 1.807) is 36.4 Å². The number of esters is 1. The fourth-order valence-electron chi connectivity index (χ4n) is 6.75. The third-order valence-electron chi connectivity index (χ3n) is 8.37. The van der Waals surface area contributed by atoms with Gasteiger partial charge in [-0.2, -0.15) is 0 Å². The van der Waals surface area contributed by atoms with E-state index in [4.69, 9.17) is 27.9 Å². The lowest BCUT2D eigenvalue weighted by atomic mass is 9.55. The standard InChI is InChI=1S/C33H22Cl2N2O5/c34-22-13-7-14-23(30(22)35)36-25(38)16-42-33(41)21-12-5-6-15-24(21)37-31(39)28-26-17-8-1-2-9-18(17)27(29(28)32(37)40)20-11-4-3-10-19(20)26/h1-15,26-29H,16H2,(H,36,38)/t26?,27?,28-,29-/m0/s1. The van der Waals surface area contributed by atoms with Gasteiger partial charge in [-0.15, -0.1) is 0 Å². The smallest absolute Gasteiger partial charge is 0.340 e. The molecule has 1 N–H and O–H groups in total. The highest BCUT2D eigenvalue weighted by atomic mass is 35.5. The quantitative estimate of drug-likeness (QED) is 0.219. The fourth-order valence-corrected chi connectivity index (χ4v) is 7.10. The summed E-state index contributed by atoms with van der Waals surface area (Å²) in [6.07, 6.45) is 0. The minimum atomic E-state index is -0.844. The van der Waals surface area contributed by atoms with Crippen LogP contribution >= 0.6 is 23.2 Å². The van der Waals surface area contributed by atoms with Crippen LogP contribution in [-0.2, 0) is 19.1 Å². The van der Waals surface area contributed by atoms with E-state index in [1.807, 2.05) is 48.5 Å². The van der Waals surface area contributed by atoms with Crippen molar-refractivity contribution in [3.8, 4) is 0 Å². The Balaban J connectivity index is 1.17. The molecule has 1 aliphatic heterocycles. The lowest BCUT2D eigenvalue weighted by Crippen LogP contribution is -2.41. The summed E-state index contributed by atoms with van der Waals surface area (Å²) in [5, 5.41) is 2.98. The highest BCUT2D eigenvalue weighted by Gasteiger charge is 2.62. The minimum absolute atomic E-state index is 0.00816. The molecular formula is C33H22Cl2N2O5. The first kappa shape index (κ1) is 26.4. The molecule has 1 saturated heterocycles. The van der Waals surface area contributed by atoms with Gasteiger partial charge in [0, 0.05) is 11.8 Å². The number of amides is 3. The predicted molar refractivity (Wildman–Crippen MR) is 158 cm³/mol. The average Bonchev–Trinajstić information content (AvgIpc) is 3.28. The zero-order chi connectivity index (χ0) is 29.1. The molecule has 9 heteroatoms. The van der Waals surface area contributed by atoms with E-state index in [0.717, 1.165) is 27.2 Å². The lowest BCUT2D eigenvalue weighted by Gasteiger charge is -2.45. The third-order valence-corrected chi connectivity index (χ3v) is 9.19. The van der Waals surface area contributed by atoms with Gasteiger partial charge in [-0.05, 0) is 46.5 Å². The number of carbonyl (C=O) groups is 4. The Morgan fingerprint density at radius 1 is 0.714 bits per heavy atom. The Morgan fingerprint density at radius 2 is 1.24 bits per heavy atom. The number of nitrogens with zero attached hydrogens (tertiary/aromatic N) is 1. The molecule has 4 aliphatic rings. The third kappa shape index (κ3) is 3.95. The summed E-state index contributed by atoms with van der Waals surface area (Å²) >= 11 is 12.1. The minimum Gasteiger partial charge on any atom is -0.452 e.